The molecule has 2 heterocycles. The number of Topliss-reactive ketones (excluding diaryl/α,β-unsaturated/α-hetero) is 1. The molecule has 2 fully saturated rings. The van der Waals surface area contributed by atoms with Crippen molar-refractivity contribution in [2.75, 3.05) is 40.0 Å². The maximum atomic E-state index is 14.2. The molecule has 4 amide bonds. The van der Waals surface area contributed by atoms with Gasteiger partial charge in [-0.2, -0.15) is 5.26 Å². The van der Waals surface area contributed by atoms with E-state index in [9.17, 15) is 29.5 Å². The quantitative estimate of drug-likeness (QED) is 0.0506. The van der Waals surface area contributed by atoms with E-state index in [2.05, 4.69) is 60.0 Å². The van der Waals surface area contributed by atoms with Crippen LogP contribution in [-0.2, 0) is 14.3 Å². The Morgan fingerprint density at radius 3 is 2.24 bits per heavy atom. The Balaban J connectivity index is 0.903. The zero-order chi connectivity index (χ0) is 51.0. The molecule has 70 heavy (non-hydrogen) atoms. The van der Waals surface area contributed by atoms with Crippen LogP contribution in [0.25, 0.3) is 10.4 Å². The fourth-order valence-electron chi connectivity index (χ4n) is 9.90. The number of carbonyl (C=O) groups excluding carboxylic acids is 4. The lowest BCUT2D eigenvalue weighted by Crippen LogP contribution is -2.74. The SMILES string of the molecule is CNC[C@H](NC(=O)N1C[C@@H](O)CC1C(=O)[C@@H](NC(=O)COCCCCCOc1ccc(C(=O)NC2C(C)(C)C(Oc3ccc(C#N)c(Cl)c3)C2(C)C)cc1)C(C)(C)C)c1ccc(-c2scnc2C)cc1. The Kier molecular flexibility index (Phi) is 17.8. The summed E-state index contributed by atoms with van der Waals surface area (Å²) in [5.41, 5.74) is 4.10. The molecule has 6 rings (SSSR count). The van der Waals surface area contributed by atoms with E-state index < -0.39 is 52.4 Å². The van der Waals surface area contributed by atoms with Crippen LogP contribution in [0.4, 0.5) is 4.79 Å². The molecule has 376 valence electrons. The van der Waals surface area contributed by atoms with Gasteiger partial charge in [-0.05, 0) is 86.2 Å². The highest BCUT2D eigenvalue weighted by Crippen LogP contribution is 2.55. The first-order chi connectivity index (χ1) is 33.1. The summed E-state index contributed by atoms with van der Waals surface area (Å²) in [5.74, 6) is 0.224. The van der Waals surface area contributed by atoms with Crippen molar-refractivity contribution in [3.8, 4) is 28.0 Å². The van der Waals surface area contributed by atoms with Crippen LogP contribution >= 0.6 is 22.9 Å². The number of rotatable bonds is 21. The van der Waals surface area contributed by atoms with E-state index in [0.29, 0.717) is 53.8 Å². The fourth-order valence-corrected chi connectivity index (χ4v) is 10.9. The number of likely N-dealkylation sites (tertiary alicyclic amines) is 1. The lowest BCUT2D eigenvalue weighted by Gasteiger charge is -2.63. The van der Waals surface area contributed by atoms with Gasteiger partial charge in [0.05, 0.1) is 57.5 Å². The van der Waals surface area contributed by atoms with Gasteiger partial charge >= 0.3 is 6.03 Å². The van der Waals surface area contributed by atoms with E-state index >= 15 is 0 Å². The van der Waals surface area contributed by atoms with Crippen molar-refractivity contribution in [2.45, 2.75) is 117 Å². The summed E-state index contributed by atoms with van der Waals surface area (Å²) in [5, 5.41) is 32.5. The van der Waals surface area contributed by atoms with Crippen molar-refractivity contribution in [2.24, 2.45) is 16.2 Å². The monoisotopic (exact) mass is 997 g/mol. The van der Waals surface area contributed by atoms with Gasteiger partial charge in [0.15, 0.2) is 5.78 Å². The molecule has 1 aromatic heterocycles. The van der Waals surface area contributed by atoms with Gasteiger partial charge < -0.3 is 45.5 Å². The maximum absolute atomic E-state index is 14.2. The number of thiazole rings is 1. The molecule has 4 atom stereocenters. The van der Waals surface area contributed by atoms with E-state index in [4.69, 9.17) is 25.8 Å². The van der Waals surface area contributed by atoms with Crippen LogP contribution in [0, 0.1) is 34.5 Å². The number of halogens is 1. The number of likely N-dealkylation sites (N-methyl/N-ethyl adjacent to an activating group) is 1. The Morgan fingerprint density at radius 1 is 0.957 bits per heavy atom. The Hall–Kier alpha value is -5.57. The van der Waals surface area contributed by atoms with Crippen molar-refractivity contribution >= 4 is 46.6 Å². The minimum absolute atomic E-state index is 0.0146. The van der Waals surface area contributed by atoms with E-state index in [0.717, 1.165) is 34.5 Å². The number of ether oxygens (including phenoxy) is 3. The smallest absolute Gasteiger partial charge is 0.318 e. The molecular weight excluding hydrogens is 930 g/mol. The predicted molar refractivity (Wildman–Crippen MR) is 271 cm³/mol. The fraction of sp³-hybridized carbons (Fsp3) is 0.509. The summed E-state index contributed by atoms with van der Waals surface area (Å²) in [7, 11) is 1.80. The molecule has 0 bridgehead atoms. The second-order valence-corrected chi connectivity index (χ2v) is 21.8. The van der Waals surface area contributed by atoms with Crippen LogP contribution in [0.2, 0.25) is 5.02 Å². The number of aliphatic hydroxyl groups excluding tert-OH is 1. The number of aliphatic hydroxyl groups is 1. The number of carbonyl (C=O) groups is 4. The van der Waals surface area contributed by atoms with Crippen LogP contribution in [0.1, 0.15) is 107 Å². The summed E-state index contributed by atoms with van der Waals surface area (Å²) in [6, 6.07) is 19.1. The normalized spacial score (nSPS) is 20.1. The number of unbranched alkanes of at least 4 members (excludes halogenated alkanes) is 2. The van der Waals surface area contributed by atoms with Gasteiger partial charge in [0.25, 0.3) is 5.91 Å². The van der Waals surface area contributed by atoms with Gasteiger partial charge in [-0.25, -0.2) is 9.78 Å². The molecule has 1 aliphatic heterocycles. The maximum Gasteiger partial charge on any atom is 0.318 e. The summed E-state index contributed by atoms with van der Waals surface area (Å²) in [6.45, 7) is 16.7. The van der Waals surface area contributed by atoms with Gasteiger partial charge in [0, 0.05) is 54.6 Å². The lowest BCUT2D eigenvalue weighted by molar-refractivity contribution is -0.164. The first-order valence-corrected chi connectivity index (χ1v) is 25.1. The van der Waals surface area contributed by atoms with Crippen LogP contribution < -0.4 is 30.7 Å². The molecule has 1 saturated carbocycles. The summed E-state index contributed by atoms with van der Waals surface area (Å²) >= 11 is 7.81. The Labute approximate surface area is 421 Å². The Morgan fingerprint density at radius 2 is 1.63 bits per heavy atom. The lowest BCUT2D eigenvalue weighted by atomic mass is 9.49. The summed E-state index contributed by atoms with van der Waals surface area (Å²) in [6.07, 6.45) is 1.17. The number of hydrogen-bond acceptors (Lipinski definition) is 12. The highest BCUT2D eigenvalue weighted by Gasteiger charge is 2.64. The van der Waals surface area contributed by atoms with Crippen LogP contribution in [-0.4, -0.2) is 109 Å². The molecule has 3 aromatic carbocycles. The minimum Gasteiger partial charge on any atom is -0.494 e. The number of β-amino-alcohol motifs (C(OH)–C–C–N with tert-alkyl or cyclic N) is 1. The third kappa shape index (κ3) is 12.8. The zero-order valence-corrected chi connectivity index (χ0v) is 43.3. The van der Waals surface area contributed by atoms with Gasteiger partial charge in [-0.15, -0.1) is 11.3 Å². The molecule has 1 saturated heterocycles. The third-order valence-electron chi connectivity index (χ3n) is 13.3. The van der Waals surface area contributed by atoms with Crippen molar-refractivity contribution in [1.29, 1.82) is 5.26 Å². The van der Waals surface area contributed by atoms with Gasteiger partial charge in [0.2, 0.25) is 5.91 Å². The van der Waals surface area contributed by atoms with Gasteiger partial charge in [0.1, 0.15) is 30.3 Å². The Bertz CT molecular complexity index is 2490. The third-order valence-corrected chi connectivity index (χ3v) is 14.6. The standard InChI is InChI=1S/C53H68ClN7O8S/c1-32-45(70-31-57-32)34-15-13-33(14-16-34)41(28-56-9)58-50(66)61-29-37(62)25-42(61)44(64)46(51(2,3)4)59-43(63)30-67-23-11-10-12-24-68-38-20-17-35(18-21-38)47(65)60-48-52(5,6)49(53(48,7)8)69-39-22-19-36(27-55)40(54)26-39/h13-22,26,31,37,41-42,46,48-49,56,62H,10-12,23-25,28-30H2,1-9H3,(H,58,66)(H,59,63)(H,60,65)/t37-,41-,42?,46+,48?,49?/m0/s1. The molecule has 15 nitrogen and oxygen atoms in total. The topological polar surface area (TPSA) is 204 Å². The number of nitriles is 1. The second-order valence-electron chi connectivity index (χ2n) is 20.6. The largest absolute Gasteiger partial charge is 0.494 e. The minimum atomic E-state index is -0.941. The number of nitrogens with one attached hydrogen (secondary N) is 4. The van der Waals surface area contributed by atoms with E-state index in [1.807, 2.05) is 57.5 Å². The first-order valence-electron chi connectivity index (χ1n) is 23.9. The molecule has 17 heteroatoms. The average Bonchev–Trinajstić information content (AvgIpc) is 3.94. The van der Waals surface area contributed by atoms with Crippen molar-refractivity contribution < 1.29 is 38.5 Å². The summed E-state index contributed by atoms with van der Waals surface area (Å²) in [4.78, 5) is 61.4. The van der Waals surface area contributed by atoms with Gasteiger partial charge in [-0.1, -0.05) is 84.3 Å². The first kappa shape index (κ1) is 53.8. The molecule has 0 spiro atoms. The molecule has 0 radical (unpaired) electrons. The number of nitrogens with zero attached hydrogens (tertiary/aromatic N) is 3. The summed E-state index contributed by atoms with van der Waals surface area (Å²) < 4.78 is 18.0. The number of ketones is 1. The van der Waals surface area contributed by atoms with Crippen LogP contribution in [0.15, 0.2) is 72.2 Å². The molecule has 1 aliphatic carbocycles. The van der Waals surface area contributed by atoms with Crippen molar-refractivity contribution in [3.63, 3.8) is 0 Å². The van der Waals surface area contributed by atoms with Gasteiger partial charge in [-0.3, -0.25) is 14.4 Å². The molecule has 5 N–H and O–H groups in total. The van der Waals surface area contributed by atoms with E-state index in [1.54, 1.807) is 60.8 Å². The highest BCUT2D eigenvalue weighted by atomic mass is 35.5. The highest BCUT2D eigenvalue weighted by molar-refractivity contribution is 7.13. The number of hydrogen-bond donors (Lipinski definition) is 5. The molecule has 4 aromatic rings. The number of urea groups is 1. The van der Waals surface area contributed by atoms with E-state index in [1.165, 1.54) is 4.90 Å². The number of aryl methyl sites for hydroxylation is 1. The second kappa shape index (κ2) is 23.1. The zero-order valence-electron chi connectivity index (χ0n) is 41.7. The van der Waals surface area contributed by atoms with Crippen LogP contribution in [0.3, 0.4) is 0 Å². The molecule has 1 unspecified atom stereocenters. The molecular formula is C53H68ClN7O8S. The number of amides is 4. The predicted octanol–water partition coefficient (Wildman–Crippen LogP) is 8.03. The number of aromatic nitrogens is 1. The van der Waals surface area contributed by atoms with Crippen molar-refractivity contribution in [1.82, 2.24) is 31.2 Å². The van der Waals surface area contributed by atoms with E-state index in [-0.39, 0.29) is 43.4 Å². The van der Waals surface area contributed by atoms with Crippen molar-refractivity contribution in [3.05, 3.63) is 99.6 Å². The average molecular weight is 999 g/mol. The molecule has 2 aliphatic rings. The number of benzene rings is 3. The van der Waals surface area contributed by atoms with Crippen LogP contribution in [0.5, 0.6) is 11.5 Å².